The minimum absolute atomic E-state index is 0.207. The second-order valence-electron chi connectivity index (χ2n) is 8.99. The van der Waals surface area contributed by atoms with Crippen molar-refractivity contribution in [3.8, 4) is 5.75 Å². The number of aliphatic hydroxyl groups is 1. The van der Waals surface area contributed by atoms with E-state index in [0.29, 0.717) is 21.5 Å². The molecule has 0 aliphatic carbocycles. The third-order valence-corrected chi connectivity index (χ3v) is 8.31. The van der Waals surface area contributed by atoms with Crippen LogP contribution in [0.25, 0.3) is 0 Å². The third-order valence-electron chi connectivity index (χ3n) is 6.61. The Morgan fingerprint density at radius 1 is 1.00 bits per heavy atom. The van der Waals surface area contributed by atoms with Crippen LogP contribution in [-0.4, -0.2) is 69.6 Å². The van der Waals surface area contributed by atoms with Gasteiger partial charge in [-0.05, 0) is 47.5 Å². The molecule has 0 amide bonds. The summed E-state index contributed by atoms with van der Waals surface area (Å²) in [6.45, 7) is 0.207. The van der Waals surface area contributed by atoms with Gasteiger partial charge in [0.15, 0.2) is 6.10 Å². The number of esters is 1. The van der Waals surface area contributed by atoms with Crippen LogP contribution in [0, 0.1) is 0 Å². The average Bonchev–Trinajstić information content (AvgIpc) is 2.88. The van der Waals surface area contributed by atoms with Crippen molar-refractivity contribution < 1.29 is 27.8 Å². The van der Waals surface area contributed by atoms with Crippen molar-refractivity contribution in [1.82, 2.24) is 4.90 Å². The number of likely N-dealkylation sites (tertiary alicyclic amines) is 1. The van der Waals surface area contributed by atoms with Crippen molar-refractivity contribution in [2.24, 2.45) is 0 Å². The van der Waals surface area contributed by atoms with Crippen LogP contribution in [-0.2, 0) is 19.6 Å². The summed E-state index contributed by atoms with van der Waals surface area (Å²) in [7, 11) is -1.17. The molecule has 0 bridgehead atoms. The largest absolute Gasteiger partial charge is 0.497 e. The zero-order valence-corrected chi connectivity index (χ0v) is 23.3. The lowest BCUT2D eigenvalue weighted by Gasteiger charge is -2.56. The van der Waals surface area contributed by atoms with Crippen LogP contribution < -0.4 is 9.04 Å². The highest BCUT2D eigenvalue weighted by molar-refractivity contribution is 7.92. The number of halogens is 2. The molecule has 38 heavy (non-hydrogen) atoms. The predicted octanol–water partition coefficient (Wildman–Crippen LogP) is 4.14. The predicted molar refractivity (Wildman–Crippen MR) is 147 cm³/mol. The summed E-state index contributed by atoms with van der Waals surface area (Å²) >= 11 is 12.3. The molecule has 1 aliphatic rings. The molecule has 3 aromatic carbocycles. The molecule has 0 radical (unpaired) electrons. The molecule has 1 fully saturated rings. The minimum Gasteiger partial charge on any atom is -0.497 e. The first-order chi connectivity index (χ1) is 18.0. The zero-order chi connectivity index (χ0) is 27.6. The maximum atomic E-state index is 13.1. The molecule has 1 heterocycles. The van der Waals surface area contributed by atoms with Gasteiger partial charge in [0.1, 0.15) is 5.75 Å². The Kier molecular flexibility index (Phi) is 8.54. The first-order valence-electron chi connectivity index (χ1n) is 11.7. The first-order valence-corrected chi connectivity index (χ1v) is 14.3. The molecule has 1 saturated heterocycles. The Morgan fingerprint density at radius 3 is 2.03 bits per heavy atom. The lowest BCUT2D eigenvalue weighted by atomic mass is 9.84. The summed E-state index contributed by atoms with van der Waals surface area (Å²) in [5.74, 6) is -0.396. The van der Waals surface area contributed by atoms with Crippen molar-refractivity contribution >= 4 is 44.9 Å². The van der Waals surface area contributed by atoms with Crippen LogP contribution in [0.2, 0.25) is 10.0 Å². The van der Waals surface area contributed by atoms with E-state index >= 15 is 0 Å². The van der Waals surface area contributed by atoms with E-state index in [0.717, 1.165) is 17.4 Å². The Morgan fingerprint density at radius 2 is 1.55 bits per heavy atom. The van der Waals surface area contributed by atoms with Crippen molar-refractivity contribution in [2.45, 2.75) is 24.2 Å². The van der Waals surface area contributed by atoms with Crippen LogP contribution in [0.15, 0.2) is 72.8 Å². The van der Waals surface area contributed by atoms with Gasteiger partial charge in [0.05, 0.1) is 44.3 Å². The number of nitrogens with zero attached hydrogens (tertiary/aromatic N) is 2. The van der Waals surface area contributed by atoms with Gasteiger partial charge in [0, 0.05) is 22.7 Å². The second kappa shape index (κ2) is 11.5. The molecule has 1 N–H and O–H groups in total. The molecule has 0 saturated carbocycles. The van der Waals surface area contributed by atoms with E-state index < -0.39 is 40.2 Å². The van der Waals surface area contributed by atoms with Gasteiger partial charge < -0.3 is 14.6 Å². The van der Waals surface area contributed by atoms with Gasteiger partial charge in [-0.2, -0.15) is 0 Å². The standard InChI is InChI=1S/C27H28Cl2N2O6S/c1-36-22-6-4-5-21(15-22)31(38(3,34)35)23-16-30(25(23)26(32)27(33)37-2)24(17-7-11-19(28)12-8-17)18-9-13-20(29)14-10-18/h4-15,23-26,32H,16H2,1-3H3. The fourth-order valence-corrected chi connectivity index (χ4v) is 6.34. The topological polar surface area (TPSA) is 96.4 Å². The van der Waals surface area contributed by atoms with E-state index in [-0.39, 0.29) is 6.54 Å². The van der Waals surface area contributed by atoms with E-state index in [1.807, 2.05) is 29.2 Å². The maximum Gasteiger partial charge on any atom is 0.336 e. The molecule has 202 valence electrons. The molecule has 3 aromatic rings. The number of rotatable bonds is 9. The summed E-state index contributed by atoms with van der Waals surface area (Å²) in [4.78, 5) is 14.5. The van der Waals surface area contributed by atoms with Gasteiger partial charge in [0.2, 0.25) is 10.0 Å². The summed E-state index contributed by atoms with van der Waals surface area (Å²) in [6, 6.07) is 18.9. The van der Waals surface area contributed by atoms with Crippen LogP contribution in [0.3, 0.4) is 0 Å². The number of hydrogen-bond acceptors (Lipinski definition) is 7. The summed E-state index contributed by atoms with van der Waals surface area (Å²) in [5, 5.41) is 12.3. The smallest absolute Gasteiger partial charge is 0.336 e. The van der Waals surface area contributed by atoms with E-state index in [1.165, 1.54) is 18.5 Å². The van der Waals surface area contributed by atoms with Gasteiger partial charge in [-0.25, -0.2) is 13.2 Å². The number of aliphatic hydroxyl groups excluding tert-OH is 1. The molecule has 8 nitrogen and oxygen atoms in total. The lowest BCUT2D eigenvalue weighted by molar-refractivity contribution is -0.160. The highest BCUT2D eigenvalue weighted by Crippen LogP contribution is 2.42. The number of carbonyl (C=O) groups is 1. The fraction of sp³-hybridized carbons (Fsp3) is 0.296. The number of hydrogen-bond donors (Lipinski definition) is 1. The molecular weight excluding hydrogens is 551 g/mol. The number of benzene rings is 3. The minimum atomic E-state index is -3.84. The summed E-state index contributed by atoms with van der Waals surface area (Å²) in [5.41, 5.74) is 2.03. The van der Waals surface area contributed by atoms with Gasteiger partial charge >= 0.3 is 5.97 Å². The Hall–Kier alpha value is -2.82. The second-order valence-corrected chi connectivity index (χ2v) is 11.7. The van der Waals surface area contributed by atoms with E-state index in [4.69, 9.17) is 32.7 Å². The van der Waals surface area contributed by atoms with Crippen molar-refractivity contribution in [1.29, 1.82) is 0 Å². The maximum absolute atomic E-state index is 13.1. The molecule has 0 aromatic heterocycles. The van der Waals surface area contributed by atoms with Crippen LogP contribution >= 0.6 is 23.2 Å². The number of methoxy groups -OCH3 is 2. The van der Waals surface area contributed by atoms with Crippen LogP contribution in [0.1, 0.15) is 17.2 Å². The molecular formula is C27H28Cl2N2O6S. The zero-order valence-electron chi connectivity index (χ0n) is 21.0. The molecule has 11 heteroatoms. The SMILES string of the molecule is COC(=O)C(O)C1C(N(c2cccc(OC)c2)S(C)(=O)=O)CN1C(c1ccc(Cl)cc1)c1ccc(Cl)cc1. The lowest BCUT2D eigenvalue weighted by Crippen LogP contribution is -2.73. The highest BCUT2D eigenvalue weighted by Gasteiger charge is 2.54. The Balaban J connectivity index is 1.83. The molecule has 3 unspecified atom stereocenters. The molecule has 4 rings (SSSR count). The summed E-state index contributed by atoms with van der Waals surface area (Å²) in [6.07, 6.45) is -0.539. The van der Waals surface area contributed by atoms with E-state index in [2.05, 4.69) is 0 Å². The molecule has 3 atom stereocenters. The molecule has 1 aliphatic heterocycles. The Labute approximate surface area is 232 Å². The monoisotopic (exact) mass is 578 g/mol. The van der Waals surface area contributed by atoms with Gasteiger partial charge in [-0.1, -0.05) is 53.5 Å². The van der Waals surface area contributed by atoms with Gasteiger partial charge in [-0.15, -0.1) is 0 Å². The van der Waals surface area contributed by atoms with Gasteiger partial charge in [-0.3, -0.25) is 9.21 Å². The number of ether oxygens (including phenoxy) is 2. The van der Waals surface area contributed by atoms with E-state index in [1.54, 1.807) is 48.5 Å². The number of carbonyl (C=O) groups excluding carboxylic acids is 1. The van der Waals surface area contributed by atoms with Crippen LogP contribution in [0.5, 0.6) is 5.75 Å². The van der Waals surface area contributed by atoms with Crippen LogP contribution in [0.4, 0.5) is 5.69 Å². The van der Waals surface area contributed by atoms with Crippen molar-refractivity contribution in [2.75, 3.05) is 31.3 Å². The summed E-state index contributed by atoms with van der Waals surface area (Å²) < 4.78 is 37.6. The van der Waals surface area contributed by atoms with Gasteiger partial charge in [0.25, 0.3) is 0 Å². The quantitative estimate of drug-likeness (QED) is 0.381. The molecule has 0 spiro atoms. The van der Waals surface area contributed by atoms with E-state index in [9.17, 15) is 18.3 Å². The highest BCUT2D eigenvalue weighted by atomic mass is 35.5. The Bertz CT molecular complexity index is 1340. The van der Waals surface area contributed by atoms with Crippen molar-refractivity contribution in [3.05, 3.63) is 94.0 Å². The fourth-order valence-electron chi connectivity index (χ4n) is 4.91. The van der Waals surface area contributed by atoms with Crippen molar-refractivity contribution in [3.63, 3.8) is 0 Å². The number of anilines is 1. The number of sulfonamides is 1. The first kappa shape index (κ1) is 28.2. The normalized spacial score (nSPS) is 18.5. The third kappa shape index (κ3) is 5.77. The average molecular weight is 580 g/mol.